The van der Waals surface area contributed by atoms with Crippen LogP contribution in [0.1, 0.15) is 47.3 Å². The minimum Gasteiger partial charge on any atom is -0.317 e. The predicted octanol–water partition coefficient (Wildman–Crippen LogP) is 4.41. The van der Waals surface area contributed by atoms with Crippen LogP contribution in [0.15, 0.2) is 27.8 Å². The summed E-state index contributed by atoms with van der Waals surface area (Å²) in [5, 5.41) is 4.21. The van der Waals surface area contributed by atoms with E-state index in [2.05, 4.69) is 81.8 Å². The lowest BCUT2D eigenvalue weighted by Gasteiger charge is -2.25. The molecule has 150 valence electrons. The van der Waals surface area contributed by atoms with Gasteiger partial charge in [-0.25, -0.2) is 5.43 Å². The molecule has 2 heterocycles. The number of hydrazone groups is 1. The van der Waals surface area contributed by atoms with Crippen molar-refractivity contribution in [2.24, 2.45) is 5.10 Å². The number of nitrogens with one attached hydrogen (secondary N) is 1. The summed E-state index contributed by atoms with van der Waals surface area (Å²) in [6, 6.07) is 6.48. The second kappa shape index (κ2) is 9.05. The minimum absolute atomic E-state index is 0.0581. The molecular weight excluding hydrogens is 416 g/mol. The fraction of sp³-hybridized carbons (Fsp3) is 0.455. The number of hydrogen-bond acceptors (Lipinski definition) is 3. The average molecular weight is 445 g/mol. The predicted molar refractivity (Wildman–Crippen MR) is 118 cm³/mol. The normalized spacial score (nSPS) is 15.3. The number of carbonyl (C=O) groups excluding carboxylic acids is 1. The van der Waals surface area contributed by atoms with E-state index in [0.717, 1.165) is 40.2 Å². The van der Waals surface area contributed by atoms with Gasteiger partial charge in [0.2, 0.25) is 0 Å². The van der Waals surface area contributed by atoms with Crippen molar-refractivity contribution in [1.82, 2.24) is 14.9 Å². The quantitative estimate of drug-likeness (QED) is 0.548. The van der Waals surface area contributed by atoms with Gasteiger partial charge in [-0.2, -0.15) is 5.10 Å². The first-order valence-corrected chi connectivity index (χ1v) is 10.7. The van der Waals surface area contributed by atoms with Crippen molar-refractivity contribution in [3.63, 3.8) is 0 Å². The van der Waals surface area contributed by atoms with Crippen molar-refractivity contribution < 1.29 is 4.79 Å². The van der Waals surface area contributed by atoms with E-state index in [-0.39, 0.29) is 5.91 Å². The number of rotatable bonds is 5. The summed E-state index contributed by atoms with van der Waals surface area (Å²) in [7, 11) is 0. The summed E-state index contributed by atoms with van der Waals surface area (Å²) in [6.07, 6.45) is 5.35. The largest absolute Gasteiger partial charge is 0.317 e. The van der Waals surface area contributed by atoms with Gasteiger partial charge in [0.05, 0.1) is 12.8 Å². The van der Waals surface area contributed by atoms with Crippen molar-refractivity contribution in [2.75, 3.05) is 19.6 Å². The molecule has 0 saturated carbocycles. The van der Waals surface area contributed by atoms with Crippen LogP contribution in [0.2, 0.25) is 0 Å². The zero-order chi connectivity index (χ0) is 20.3. The van der Waals surface area contributed by atoms with Crippen molar-refractivity contribution in [3.05, 3.63) is 50.8 Å². The Balaban J connectivity index is 1.74. The number of carbonyl (C=O) groups is 1. The third-order valence-corrected chi connectivity index (χ3v) is 6.56. The third kappa shape index (κ3) is 4.55. The first-order chi connectivity index (χ1) is 13.4. The lowest BCUT2D eigenvalue weighted by atomic mass is 10.1. The molecule has 1 amide bonds. The molecule has 1 saturated heterocycles. The Morgan fingerprint density at radius 3 is 2.50 bits per heavy atom. The summed E-state index contributed by atoms with van der Waals surface area (Å²) in [6.45, 7) is 10.8. The number of amides is 1. The van der Waals surface area contributed by atoms with Gasteiger partial charge in [-0.15, -0.1) is 0 Å². The molecule has 0 radical (unpaired) electrons. The van der Waals surface area contributed by atoms with Crippen molar-refractivity contribution in [2.45, 2.75) is 47.0 Å². The number of likely N-dealkylation sites (tertiary alicyclic amines) is 1. The molecule has 1 N–H and O–H groups in total. The average Bonchev–Trinajstić information content (AvgIpc) is 2.88. The van der Waals surface area contributed by atoms with Crippen LogP contribution in [0, 0.1) is 27.7 Å². The molecule has 2 aromatic rings. The van der Waals surface area contributed by atoms with E-state index in [4.69, 9.17) is 0 Å². The van der Waals surface area contributed by atoms with E-state index < -0.39 is 0 Å². The maximum absolute atomic E-state index is 12.2. The summed E-state index contributed by atoms with van der Waals surface area (Å²) >= 11 is 3.70. The van der Waals surface area contributed by atoms with Crippen LogP contribution in [-0.2, 0) is 4.79 Å². The lowest BCUT2D eigenvalue weighted by Crippen LogP contribution is -2.38. The van der Waals surface area contributed by atoms with Crippen LogP contribution in [0.3, 0.4) is 0 Å². The smallest absolute Gasteiger partial charge is 0.254 e. The molecule has 6 heteroatoms. The van der Waals surface area contributed by atoms with Gasteiger partial charge in [0.1, 0.15) is 0 Å². The van der Waals surface area contributed by atoms with E-state index in [1.54, 1.807) is 6.21 Å². The van der Waals surface area contributed by atoms with Crippen LogP contribution in [0.4, 0.5) is 0 Å². The summed E-state index contributed by atoms with van der Waals surface area (Å²) in [5.41, 5.74) is 9.53. The Kier molecular flexibility index (Phi) is 6.73. The molecule has 0 bridgehead atoms. The molecule has 1 aliphatic rings. The molecule has 28 heavy (non-hydrogen) atoms. The summed E-state index contributed by atoms with van der Waals surface area (Å²) in [5.74, 6) is -0.0581. The number of aryl methyl sites for hydroxylation is 2. The molecule has 0 spiro atoms. The van der Waals surface area contributed by atoms with Crippen LogP contribution in [-0.4, -0.2) is 41.2 Å². The lowest BCUT2D eigenvalue weighted by molar-refractivity contribution is -0.122. The molecule has 0 atom stereocenters. The van der Waals surface area contributed by atoms with Crippen molar-refractivity contribution >= 4 is 28.1 Å². The highest BCUT2D eigenvalue weighted by Gasteiger charge is 2.17. The number of hydrogen-bond donors (Lipinski definition) is 1. The Bertz CT molecular complexity index is 894. The Labute approximate surface area is 175 Å². The molecule has 0 aliphatic carbocycles. The standard InChI is InChI=1S/C22H29BrN4O/c1-15-8-9-19(12-16(15)2)27-17(3)20(22(23)18(27)4)13-24-25-21(28)14-26-10-6-5-7-11-26/h8-9,12-13H,5-7,10-11,14H2,1-4H3,(H,25,28)/b24-13-. The van der Waals surface area contributed by atoms with Gasteiger partial charge >= 0.3 is 0 Å². The molecule has 1 aromatic carbocycles. The Morgan fingerprint density at radius 1 is 1.11 bits per heavy atom. The third-order valence-electron chi connectivity index (χ3n) is 5.56. The molecular formula is C22H29BrN4O. The van der Waals surface area contributed by atoms with Gasteiger partial charge in [0.25, 0.3) is 5.91 Å². The fourth-order valence-electron chi connectivity index (χ4n) is 3.75. The zero-order valence-electron chi connectivity index (χ0n) is 17.2. The molecule has 0 unspecified atom stereocenters. The highest BCUT2D eigenvalue weighted by atomic mass is 79.9. The fourth-order valence-corrected chi connectivity index (χ4v) is 4.32. The van der Waals surface area contributed by atoms with Crippen LogP contribution in [0.25, 0.3) is 5.69 Å². The van der Waals surface area contributed by atoms with Gasteiger partial charge in [-0.1, -0.05) is 12.5 Å². The van der Waals surface area contributed by atoms with Gasteiger partial charge in [0.15, 0.2) is 0 Å². The maximum atomic E-state index is 12.2. The molecule has 1 aromatic heterocycles. The van der Waals surface area contributed by atoms with Gasteiger partial charge in [0, 0.05) is 27.1 Å². The van der Waals surface area contributed by atoms with E-state index in [0.29, 0.717) is 6.54 Å². The van der Waals surface area contributed by atoms with Crippen molar-refractivity contribution in [1.29, 1.82) is 0 Å². The maximum Gasteiger partial charge on any atom is 0.254 e. The first kappa shape index (κ1) is 20.8. The van der Waals surface area contributed by atoms with E-state index in [1.807, 2.05) is 0 Å². The highest BCUT2D eigenvalue weighted by Crippen LogP contribution is 2.30. The van der Waals surface area contributed by atoms with Crippen LogP contribution in [0.5, 0.6) is 0 Å². The number of halogens is 1. The van der Waals surface area contributed by atoms with Gasteiger partial charge < -0.3 is 4.57 Å². The van der Waals surface area contributed by atoms with Crippen LogP contribution >= 0.6 is 15.9 Å². The number of piperidine rings is 1. The first-order valence-electron chi connectivity index (χ1n) is 9.87. The topological polar surface area (TPSA) is 49.6 Å². The zero-order valence-corrected chi connectivity index (χ0v) is 18.8. The molecule has 5 nitrogen and oxygen atoms in total. The monoisotopic (exact) mass is 444 g/mol. The Hall–Kier alpha value is -1.92. The summed E-state index contributed by atoms with van der Waals surface area (Å²) in [4.78, 5) is 14.3. The molecule has 1 fully saturated rings. The SMILES string of the molecule is Cc1ccc(-n2c(C)c(Br)c(/C=N\NC(=O)CN3CCCCC3)c2C)cc1C. The van der Waals surface area contributed by atoms with E-state index in [9.17, 15) is 4.79 Å². The second-order valence-corrected chi connectivity index (χ2v) is 8.43. The summed E-state index contributed by atoms with van der Waals surface area (Å²) < 4.78 is 3.21. The second-order valence-electron chi connectivity index (χ2n) is 7.63. The number of aromatic nitrogens is 1. The van der Waals surface area contributed by atoms with Crippen molar-refractivity contribution in [3.8, 4) is 5.69 Å². The van der Waals surface area contributed by atoms with Gasteiger partial charge in [-0.05, 0) is 92.8 Å². The molecule has 3 rings (SSSR count). The highest BCUT2D eigenvalue weighted by molar-refractivity contribution is 9.10. The number of benzene rings is 1. The van der Waals surface area contributed by atoms with E-state index in [1.165, 1.54) is 30.4 Å². The van der Waals surface area contributed by atoms with Crippen LogP contribution < -0.4 is 5.43 Å². The van der Waals surface area contributed by atoms with Gasteiger partial charge in [-0.3, -0.25) is 9.69 Å². The number of nitrogens with zero attached hydrogens (tertiary/aromatic N) is 3. The Morgan fingerprint density at radius 2 is 1.82 bits per heavy atom. The molecule has 1 aliphatic heterocycles. The minimum atomic E-state index is -0.0581. The van der Waals surface area contributed by atoms with E-state index >= 15 is 0 Å².